The average molecular weight is 580 g/mol. The van der Waals surface area contributed by atoms with E-state index in [1.54, 1.807) is 9.58 Å². The summed E-state index contributed by atoms with van der Waals surface area (Å²) < 4.78 is 8.12. The largest absolute Gasteiger partial charge is 0.489 e. The quantitative estimate of drug-likeness (QED) is 0.447. The third kappa shape index (κ3) is 5.25. The number of aryl methyl sites for hydroxylation is 1. The van der Waals surface area contributed by atoms with Crippen LogP contribution in [0.1, 0.15) is 61.3 Å². The first kappa shape index (κ1) is 27.5. The van der Waals surface area contributed by atoms with Crippen molar-refractivity contribution in [1.29, 1.82) is 0 Å². The molecule has 10 nitrogen and oxygen atoms in total. The molecule has 41 heavy (non-hydrogen) atoms. The van der Waals surface area contributed by atoms with E-state index in [1.165, 1.54) is 0 Å². The van der Waals surface area contributed by atoms with E-state index in [4.69, 9.17) is 16.3 Å². The number of ether oxygens (including phenoxy) is 1. The molecular formula is C30H34ClN5O5. The number of hydrogen-bond donors (Lipinski definition) is 1. The molecule has 3 heterocycles. The van der Waals surface area contributed by atoms with Crippen molar-refractivity contribution in [3.8, 4) is 5.75 Å². The second kappa shape index (κ2) is 11.3. The molecule has 1 unspecified atom stereocenters. The van der Waals surface area contributed by atoms with Gasteiger partial charge in [-0.3, -0.25) is 14.4 Å². The fourth-order valence-electron chi connectivity index (χ4n) is 6.74. The number of likely N-dealkylation sites (tertiary alicyclic amines) is 1. The molecule has 1 N–H and O–H groups in total. The van der Waals surface area contributed by atoms with Gasteiger partial charge in [0.1, 0.15) is 17.9 Å². The van der Waals surface area contributed by atoms with Crippen LogP contribution in [-0.4, -0.2) is 67.3 Å². The monoisotopic (exact) mass is 579 g/mol. The molecule has 1 saturated carbocycles. The zero-order chi connectivity index (χ0) is 28.7. The molecule has 0 spiro atoms. The third-order valence-corrected chi connectivity index (χ3v) is 9.24. The number of aliphatic carboxylic acids is 1. The number of carboxylic acids is 1. The number of aromatic nitrogens is 3. The molecule has 1 saturated heterocycles. The maximum absolute atomic E-state index is 14.1. The summed E-state index contributed by atoms with van der Waals surface area (Å²) in [6, 6.07) is 9.03. The Morgan fingerprint density at radius 1 is 1.07 bits per heavy atom. The number of carbonyl (C=O) groups excluding carboxylic acids is 2. The highest BCUT2D eigenvalue weighted by atomic mass is 35.5. The van der Waals surface area contributed by atoms with Crippen molar-refractivity contribution in [3.63, 3.8) is 0 Å². The normalized spacial score (nSPS) is 22.7. The lowest BCUT2D eigenvalue weighted by Crippen LogP contribution is -2.50. The molecule has 2 amide bonds. The fourth-order valence-corrected chi connectivity index (χ4v) is 7.00. The van der Waals surface area contributed by atoms with Crippen molar-refractivity contribution in [2.75, 3.05) is 19.6 Å². The summed E-state index contributed by atoms with van der Waals surface area (Å²) in [6.45, 7) is 1.63. The molecule has 0 bridgehead atoms. The van der Waals surface area contributed by atoms with Crippen LogP contribution in [0.4, 0.5) is 0 Å². The van der Waals surface area contributed by atoms with Gasteiger partial charge in [0.05, 0.1) is 23.4 Å². The highest BCUT2D eigenvalue weighted by molar-refractivity contribution is 6.31. The molecule has 2 fully saturated rings. The van der Waals surface area contributed by atoms with E-state index in [0.29, 0.717) is 56.1 Å². The lowest BCUT2D eigenvalue weighted by molar-refractivity contribution is -0.154. The van der Waals surface area contributed by atoms with E-state index in [2.05, 4.69) is 10.3 Å². The van der Waals surface area contributed by atoms with Crippen molar-refractivity contribution in [2.45, 2.75) is 57.6 Å². The van der Waals surface area contributed by atoms with Gasteiger partial charge in [-0.15, -0.1) is 5.10 Å². The minimum atomic E-state index is -0.918. The SMILES string of the molecule is Cn1nnc2cc(COc3ccc(Cl)c4c3[C@@H](CN3CCCC3=O)N(C(=O)C3CCCC[C@H]3C(=O)O)CC4)ccc21. The maximum Gasteiger partial charge on any atom is 0.307 e. The highest BCUT2D eigenvalue weighted by Gasteiger charge is 2.43. The van der Waals surface area contributed by atoms with Crippen LogP contribution in [0.5, 0.6) is 5.75 Å². The van der Waals surface area contributed by atoms with Gasteiger partial charge in [0.25, 0.3) is 0 Å². The van der Waals surface area contributed by atoms with Crippen molar-refractivity contribution < 1.29 is 24.2 Å². The topological polar surface area (TPSA) is 118 Å². The van der Waals surface area contributed by atoms with Gasteiger partial charge in [-0.05, 0) is 61.1 Å². The first-order valence-corrected chi connectivity index (χ1v) is 14.7. The van der Waals surface area contributed by atoms with Crippen LogP contribution in [0.2, 0.25) is 5.02 Å². The van der Waals surface area contributed by atoms with Crippen molar-refractivity contribution >= 4 is 40.4 Å². The molecule has 3 aliphatic rings. The maximum atomic E-state index is 14.1. The number of carbonyl (C=O) groups is 3. The van der Waals surface area contributed by atoms with Crippen LogP contribution >= 0.6 is 11.6 Å². The molecule has 0 radical (unpaired) electrons. The smallest absolute Gasteiger partial charge is 0.307 e. The lowest BCUT2D eigenvalue weighted by atomic mass is 9.77. The minimum Gasteiger partial charge on any atom is -0.489 e. The average Bonchev–Trinajstić information content (AvgIpc) is 3.56. The van der Waals surface area contributed by atoms with Crippen LogP contribution < -0.4 is 4.74 Å². The van der Waals surface area contributed by atoms with E-state index in [0.717, 1.165) is 47.0 Å². The number of amides is 2. The third-order valence-electron chi connectivity index (χ3n) is 8.89. The van der Waals surface area contributed by atoms with Crippen LogP contribution in [0, 0.1) is 11.8 Å². The summed E-state index contributed by atoms with van der Waals surface area (Å²) in [5.74, 6) is -1.68. The highest BCUT2D eigenvalue weighted by Crippen LogP contribution is 2.43. The Morgan fingerprint density at radius 2 is 1.88 bits per heavy atom. The number of hydrogen-bond acceptors (Lipinski definition) is 6. The summed E-state index contributed by atoms with van der Waals surface area (Å²) in [6.07, 6.45) is 4.48. The second-order valence-corrected chi connectivity index (χ2v) is 11.7. The van der Waals surface area contributed by atoms with Gasteiger partial charge in [-0.1, -0.05) is 35.7 Å². The summed E-state index contributed by atoms with van der Waals surface area (Å²) in [7, 11) is 1.84. The van der Waals surface area contributed by atoms with E-state index in [9.17, 15) is 19.5 Å². The van der Waals surface area contributed by atoms with Crippen molar-refractivity contribution in [2.24, 2.45) is 18.9 Å². The molecular weight excluding hydrogens is 546 g/mol. The zero-order valence-corrected chi connectivity index (χ0v) is 23.8. The molecule has 3 aromatic rings. The summed E-state index contributed by atoms with van der Waals surface area (Å²) in [4.78, 5) is 42.5. The van der Waals surface area contributed by atoms with Gasteiger partial charge in [-0.2, -0.15) is 0 Å². The number of halogens is 1. The van der Waals surface area contributed by atoms with Crippen molar-refractivity contribution in [1.82, 2.24) is 24.8 Å². The summed E-state index contributed by atoms with van der Waals surface area (Å²) in [5, 5.41) is 18.8. The Hall–Kier alpha value is -3.66. The molecule has 2 aromatic carbocycles. The zero-order valence-electron chi connectivity index (χ0n) is 23.1. The molecule has 1 aliphatic carbocycles. The standard InChI is InChI=1S/C30H34ClN5O5/c1-34-24-10-8-18(15-23(24)32-33-34)17-41-26-11-9-22(31)21-12-14-36(25(28(21)26)16-35-13-4-7-27(35)37)29(38)19-5-2-3-6-20(19)30(39)40/h8-11,15,19-20,25H,2-7,12-14,16-17H2,1H3,(H,39,40)/t19?,20-,25-/m1/s1. The molecule has 3 atom stereocenters. The Bertz CT molecular complexity index is 1510. The van der Waals surface area contributed by atoms with Gasteiger partial charge < -0.3 is 19.6 Å². The second-order valence-electron chi connectivity index (χ2n) is 11.3. The molecule has 216 valence electrons. The number of fused-ring (bicyclic) bond motifs is 2. The predicted octanol–water partition coefficient (Wildman–Crippen LogP) is 4.14. The van der Waals surface area contributed by atoms with Crippen LogP contribution in [0.25, 0.3) is 11.0 Å². The molecule has 1 aromatic heterocycles. The van der Waals surface area contributed by atoms with E-state index >= 15 is 0 Å². The fraction of sp³-hybridized carbons (Fsp3) is 0.500. The molecule has 6 rings (SSSR count). The van der Waals surface area contributed by atoms with E-state index < -0.39 is 23.8 Å². The Balaban J connectivity index is 1.35. The Morgan fingerprint density at radius 3 is 2.63 bits per heavy atom. The van der Waals surface area contributed by atoms with Gasteiger partial charge in [0.2, 0.25) is 11.8 Å². The number of rotatable bonds is 7. The van der Waals surface area contributed by atoms with Crippen molar-refractivity contribution in [3.05, 3.63) is 52.0 Å². The minimum absolute atomic E-state index is 0.0624. The first-order valence-electron chi connectivity index (χ1n) is 14.3. The summed E-state index contributed by atoms with van der Waals surface area (Å²) in [5.41, 5.74) is 4.33. The molecule has 2 aliphatic heterocycles. The molecule has 11 heteroatoms. The number of benzene rings is 2. The van der Waals surface area contributed by atoms with Gasteiger partial charge in [-0.25, -0.2) is 4.68 Å². The van der Waals surface area contributed by atoms with Gasteiger partial charge >= 0.3 is 5.97 Å². The number of nitrogens with zero attached hydrogens (tertiary/aromatic N) is 5. The van der Waals surface area contributed by atoms with Gasteiger partial charge in [0.15, 0.2) is 0 Å². The van der Waals surface area contributed by atoms with Crippen LogP contribution in [0.15, 0.2) is 30.3 Å². The van der Waals surface area contributed by atoms with Crippen LogP contribution in [0.3, 0.4) is 0 Å². The lowest BCUT2D eigenvalue weighted by Gasteiger charge is -2.43. The first-order chi connectivity index (χ1) is 19.8. The number of carboxylic acid groups (broad SMARTS) is 1. The van der Waals surface area contributed by atoms with Crippen LogP contribution in [-0.2, 0) is 34.5 Å². The van der Waals surface area contributed by atoms with E-state index in [1.807, 2.05) is 42.3 Å². The predicted molar refractivity (Wildman–Crippen MR) is 151 cm³/mol. The Labute approximate surface area is 243 Å². The Kier molecular flexibility index (Phi) is 7.59. The van der Waals surface area contributed by atoms with E-state index in [-0.39, 0.29) is 18.4 Å². The summed E-state index contributed by atoms with van der Waals surface area (Å²) >= 11 is 6.72. The van der Waals surface area contributed by atoms with Gasteiger partial charge in [0, 0.05) is 43.7 Å².